The maximum Gasteiger partial charge on any atom is 0.133 e. The van der Waals surface area contributed by atoms with E-state index in [9.17, 15) is 0 Å². The first-order valence-electron chi connectivity index (χ1n) is 33.4. The third-order valence-corrected chi connectivity index (χ3v) is 10.4. The van der Waals surface area contributed by atoms with E-state index in [2.05, 4.69) is 87.0 Å². The topological polar surface area (TPSA) is 246 Å². The molecular formula is C72H136N16O3S5. The zero-order valence-electron chi connectivity index (χ0n) is 66.5. The van der Waals surface area contributed by atoms with Gasteiger partial charge in [0.2, 0.25) is 0 Å². The smallest absolute Gasteiger partial charge is 0.133 e. The number of imidazole rings is 4. The summed E-state index contributed by atoms with van der Waals surface area (Å²) < 4.78 is 27.1. The summed E-state index contributed by atoms with van der Waals surface area (Å²) in [6.45, 7) is 69.6. The lowest BCUT2D eigenvalue weighted by Crippen LogP contribution is -1.76. The van der Waals surface area contributed by atoms with E-state index in [0.717, 1.165) is 45.6 Å². The predicted molar refractivity (Wildman–Crippen MR) is 427 cm³/mol. The first-order valence-corrected chi connectivity index (χ1v) is 37.7. The van der Waals surface area contributed by atoms with Crippen molar-refractivity contribution in [2.45, 2.75) is 242 Å². The van der Waals surface area contributed by atoms with Gasteiger partial charge in [-0.05, 0) is 128 Å². The van der Waals surface area contributed by atoms with Crippen molar-refractivity contribution < 1.29 is 13.6 Å². The van der Waals surface area contributed by atoms with Crippen molar-refractivity contribution in [1.82, 2.24) is 78.0 Å². The minimum Gasteiger partial charge on any atom is -0.365 e. The van der Waals surface area contributed by atoms with Gasteiger partial charge < -0.3 is 33.1 Å². The van der Waals surface area contributed by atoms with Gasteiger partial charge in [-0.2, -0.15) is 4.37 Å². The molecule has 0 bridgehead atoms. The molecule has 12 aromatic rings. The number of hydrogen-bond acceptors (Lipinski definition) is 20. The number of thiazole rings is 2. The normalized spacial score (nSPS) is 7.38. The average molecular weight is 1430 g/mol. The second-order valence-corrected chi connectivity index (χ2v) is 18.2. The lowest BCUT2D eigenvalue weighted by molar-refractivity contribution is 0.397. The fraction of sp³-hybridized carbons (Fsp3) is 0.500. The van der Waals surface area contributed by atoms with Crippen LogP contribution in [-0.2, 0) is 7.05 Å². The third kappa shape index (κ3) is 108. The molecule has 0 aliphatic heterocycles. The highest BCUT2D eigenvalue weighted by atomic mass is 32.1. The molecule has 0 amide bonds. The molecule has 19 nitrogen and oxygen atoms in total. The highest BCUT2D eigenvalue weighted by molar-refractivity contribution is 7.09. The number of rotatable bonds is 0. The summed E-state index contributed by atoms with van der Waals surface area (Å²) in [5.74, 6) is 1.82. The van der Waals surface area contributed by atoms with Gasteiger partial charge in [-0.1, -0.05) is 182 Å². The first kappa shape index (κ1) is 116. The Kier molecular flexibility index (Phi) is 135. The highest BCUT2D eigenvalue weighted by Gasteiger charge is 1.82. The van der Waals surface area contributed by atoms with Crippen molar-refractivity contribution >= 4 is 57.3 Å². The molecule has 24 heteroatoms. The largest absolute Gasteiger partial charge is 0.365 e. The predicted octanol–water partition coefficient (Wildman–Crippen LogP) is 25.1. The van der Waals surface area contributed by atoms with E-state index in [1.165, 1.54) is 49.9 Å². The summed E-state index contributed by atoms with van der Waals surface area (Å²) in [5.41, 5.74) is 11.3. The Hall–Kier alpha value is -7.38. The fourth-order valence-electron chi connectivity index (χ4n) is 3.49. The standard InChI is InChI=1S/4C4H6N2.3C4H5NO.5C4H5NS.12C2H6/c2*1-4-2-5-3-6-4;1-6-3-2-5-4-6;1-4-5-2-3-6-4;1-4-2-5-6-3-4;1-4-2-3-6-5-4;1-4-2-3-5-6-4;1-4-2-6-3-5-4;1-4-2-5-3-6-4;1-4-2-5-6-3-4;1-4-2-3-6-5-4;1-4-2-3-5-6-4;12*1-2/h2*2-3H,1H3,(H,5,6);2-4H,1H3;2-3H,1H3,(H,5,6);8*2-3H,1H3;12*1-2H3. The van der Waals surface area contributed by atoms with Gasteiger partial charge in [0, 0.05) is 123 Å². The van der Waals surface area contributed by atoms with Gasteiger partial charge in [0.1, 0.15) is 24.1 Å². The Morgan fingerprint density at radius 1 is 0.448 bits per heavy atom. The highest BCUT2D eigenvalue weighted by Crippen LogP contribution is 2.01. The molecule has 0 saturated carbocycles. The summed E-state index contributed by atoms with van der Waals surface area (Å²) in [4.78, 5) is 34.2. The van der Waals surface area contributed by atoms with Gasteiger partial charge in [0.15, 0.2) is 0 Å². The lowest BCUT2D eigenvalue weighted by atomic mass is 10.4. The van der Waals surface area contributed by atoms with Gasteiger partial charge in [0.25, 0.3) is 0 Å². The van der Waals surface area contributed by atoms with Crippen LogP contribution in [0.25, 0.3) is 0 Å². The van der Waals surface area contributed by atoms with Crippen molar-refractivity contribution in [3.63, 3.8) is 0 Å². The molecule has 552 valence electrons. The average Bonchev–Trinajstić information content (AvgIpc) is 4.46. The van der Waals surface area contributed by atoms with Gasteiger partial charge in [0.05, 0.1) is 53.8 Å². The van der Waals surface area contributed by atoms with Crippen molar-refractivity contribution in [2.75, 3.05) is 0 Å². The van der Waals surface area contributed by atoms with E-state index in [-0.39, 0.29) is 0 Å². The number of aromatic nitrogens is 16. The number of H-pyrrole nitrogens is 3. The zero-order chi connectivity index (χ0) is 76.9. The van der Waals surface area contributed by atoms with Crippen LogP contribution in [-0.4, -0.2) is 78.0 Å². The molecule has 0 saturated heterocycles. The molecule has 3 N–H and O–H groups in total. The van der Waals surface area contributed by atoms with Crippen molar-refractivity contribution in [3.8, 4) is 0 Å². The number of hydrogen-bond donors (Lipinski definition) is 3. The maximum absolute atomic E-state index is 4.58. The van der Waals surface area contributed by atoms with Crippen molar-refractivity contribution in [2.24, 2.45) is 7.05 Å². The van der Waals surface area contributed by atoms with Crippen LogP contribution < -0.4 is 0 Å². The minimum atomic E-state index is 0.856. The molecule has 0 atom stereocenters. The Bertz CT molecular complexity index is 2040. The fourth-order valence-corrected chi connectivity index (χ4v) is 5.92. The lowest BCUT2D eigenvalue weighted by Gasteiger charge is -1.76. The number of nitrogens with one attached hydrogen (secondary N) is 3. The van der Waals surface area contributed by atoms with Gasteiger partial charge in [-0.25, -0.2) is 28.7 Å². The molecule has 0 aliphatic carbocycles. The minimum absolute atomic E-state index is 0.856. The molecule has 0 spiro atoms. The molecule has 12 rings (SSSR count). The summed E-state index contributed by atoms with van der Waals surface area (Å²) in [6, 6.07) is 7.59. The second kappa shape index (κ2) is 112. The summed E-state index contributed by atoms with van der Waals surface area (Å²) in [7, 11) is 1.94. The molecule has 12 aromatic heterocycles. The van der Waals surface area contributed by atoms with Crippen LogP contribution in [0.3, 0.4) is 0 Å². The maximum atomic E-state index is 4.58. The number of aryl methyl sites for hydroxylation is 12. The first-order chi connectivity index (χ1) is 46.7. The molecule has 0 fully saturated rings. The van der Waals surface area contributed by atoms with Crippen LogP contribution in [0.2, 0.25) is 0 Å². The van der Waals surface area contributed by atoms with Crippen LogP contribution in [0.15, 0.2) is 165 Å². The Morgan fingerprint density at radius 2 is 1.02 bits per heavy atom. The van der Waals surface area contributed by atoms with Gasteiger partial charge in [-0.15, -0.1) is 22.7 Å². The molecule has 0 unspecified atom stereocenters. The van der Waals surface area contributed by atoms with E-state index in [4.69, 9.17) is 0 Å². The van der Waals surface area contributed by atoms with Crippen LogP contribution in [0.5, 0.6) is 0 Å². The van der Waals surface area contributed by atoms with E-state index in [1.54, 1.807) is 116 Å². The Labute approximate surface area is 606 Å². The van der Waals surface area contributed by atoms with Crippen LogP contribution in [0.1, 0.15) is 227 Å². The third-order valence-electron chi connectivity index (χ3n) is 7.03. The Morgan fingerprint density at radius 3 is 1.14 bits per heavy atom. The van der Waals surface area contributed by atoms with E-state index < -0.39 is 0 Å². The molecule has 12 heterocycles. The number of nitrogens with zero attached hydrogens (tertiary/aromatic N) is 13. The monoisotopic (exact) mass is 1430 g/mol. The summed E-state index contributed by atoms with van der Waals surface area (Å²) in [5, 5.41) is 16.4. The van der Waals surface area contributed by atoms with Crippen molar-refractivity contribution in [3.05, 3.63) is 212 Å². The quantitative estimate of drug-likeness (QED) is 0.128. The molecular weight excluding hydrogens is 1300 g/mol. The molecule has 0 radical (unpaired) electrons. The summed E-state index contributed by atoms with van der Waals surface area (Å²) in [6.07, 6.45) is 27.7. The summed E-state index contributed by atoms with van der Waals surface area (Å²) >= 11 is 7.80. The van der Waals surface area contributed by atoms with Crippen LogP contribution in [0, 0.1) is 76.2 Å². The van der Waals surface area contributed by atoms with Crippen molar-refractivity contribution in [1.29, 1.82) is 0 Å². The SMILES string of the molecule is CC.CC.CC.CC.CC.CC.CC.CC.CC.CC.CC.CC.Cc1ccno1.Cc1ccns1.Cc1ccon1.Cc1ccsn1.Cc1cnc[nH]1.Cc1cnc[nH]1.Cc1cncs1.Cc1cnoc1.Cc1cnsc1.Cc1cscn1.Cc1ncc[nH]1.Cn1ccnc1. The van der Waals surface area contributed by atoms with E-state index in [0.29, 0.717) is 0 Å². The molecule has 96 heavy (non-hydrogen) atoms. The van der Waals surface area contributed by atoms with Crippen LogP contribution >= 0.6 is 57.3 Å². The van der Waals surface area contributed by atoms with E-state index in [1.807, 2.05) is 312 Å². The molecule has 0 aromatic carbocycles. The van der Waals surface area contributed by atoms with Gasteiger partial charge >= 0.3 is 0 Å². The second-order valence-electron chi connectivity index (χ2n) is 14.0. The zero-order valence-corrected chi connectivity index (χ0v) is 70.6. The van der Waals surface area contributed by atoms with Crippen LogP contribution in [0.4, 0.5) is 0 Å². The van der Waals surface area contributed by atoms with E-state index >= 15 is 0 Å². The number of aromatic amines is 3. The Balaban J connectivity index is -0.0000000779. The molecule has 0 aliphatic rings. The van der Waals surface area contributed by atoms with Gasteiger partial charge in [-0.3, -0.25) is 9.97 Å².